The predicted molar refractivity (Wildman–Crippen MR) is 56.5 cm³/mol. The summed E-state index contributed by atoms with van der Waals surface area (Å²) in [7, 11) is 0. The maximum atomic E-state index is 11.0. The number of aromatic carboxylic acids is 1. The molecule has 1 atom stereocenters. The molecule has 4 heteroatoms. The summed E-state index contributed by atoms with van der Waals surface area (Å²) >= 11 is 3.39. The molecule has 0 saturated carbocycles. The van der Waals surface area contributed by atoms with Crippen molar-refractivity contribution in [2.24, 2.45) is 0 Å². The highest BCUT2D eigenvalue weighted by Gasteiger charge is 2.25. The highest BCUT2D eigenvalue weighted by molar-refractivity contribution is 9.10. The summed E-state index contributed by atoms with van der Waals surface area (Å²) in [6, 6.07) is 5.46. The standard InChI is InChI=1S/C10H10BrNO2/c11-7-3-1-2-6(10(13)14)9(7)8-4-5-12-8/h1-3,8,12H,4-5H2,(H,13,14)/t8-/m1/s1. The van der Waals surface area contributed by atoms with Crippen LogP contribution in [0.1, 0.15) is 28.4 Å². The molecule has 1 aromatic rings. The van der Waals surface area contributed by atoms with Gasteiger partial charge in [0.1, 0.15) is 0 Å². The third kappa shape index (κ3) is 1.55. The Labute approximate surface area is 90.3 Å². The molecule has 0 aromatic heterocycles. The van der Waals surface area contributed by atoms with E-state index in [4.69, 9.17) is 5.11 Å². The van der Waals surface area contributed by atoms with E-state index in [1.165, 1.54) is 0 Å². The first-order valence-electron chi connectivity index (χ1n) is 4.45. The lowest BCUT2D eigenvalue weighted by atomic mass is 9.93. The number of rotatable bonds is 2. The van der Waals surface area contributed by atoms with Crippen LogP contribution in [-0.4, -0.2) is 17.6 Å². The minimum atomic E-state index is -0.866. The maximum absolute atomic E-state index is 11.0. The summed E-state index contributed by atoms with van der Waals surface area (Å²) in [4.78, 5) is 11.0. The molecule has 0 aliphatic carbocycles. The minimum absolute atomic E-state index is 0.191. The zero-order chi connectivity index (χ0) is 10.1. The lowest BCUT2D eigenvalue weighted by Gasteiger charge is -2.29. The van der Waals surface area contributed by atoms with Crippen LogP contribution in [0.15, 0.2) is 22.7 Å². The van der Waals surface area contributed by atoms with Crippen LogP contribution in [0.25, 0.3) is 0 Å². The number of halogens is 1. The zero-order valence-electron chi connectivity index (χ0n) is 7.46. The lowest BCUT2D eigenvalue weighted by Crippen LogP contribution is -2.36. The molecule has 1 heterocycles. The van der Waals surface area contributed by atoms with Gasteiger partial charge in [0.05, 0.1) is 5.56 Å². The Morgan fingerprint density at radius 1 is 1.57 bits per heavy atom. The average molecular weight is 256 g/mol. The molecular formula is C10H10BrNO2. The number of hydrogen-bond acceptors (Lipinski definition) is 2. The second kappa shape index (κ2) is 3.71. The Morgan fingerprint density at radius 2 is 2.29 bits per heavy atom. The van der Waals surface area contributed by atoms with E-state index in [0.717, 1.165) is 23.0 Å². The van der Waals surface area contributed by atoms with Gasteiger partial charge in [0, 0.05) is 10.5 Å². The van der Waals surface area contributed by atoms with Crippen molar-refractivity contribution in [1.82, 2.24) is 5.32 Å². The van der Waals surface area contributed by atoms with E-state index in [1.807, 2.05) is 6.07 Å². The van der Waals surface area contributed by atoms with Crippen LogP contribution in [0, 0.1) is 0 Å². The first kappa shape index (κ1) is 9.68. The summed E-state index contributed by atoms with van der Waals surface area (Å²) in [6.07, 6.45) is 1.00. The molecule has 1 aliphatic heterocycles. The number of benzene rings is 1. The maximum Gasteiger partial charge on any atom is 0.336 e. The summed E-state index contributed by atoms with van der Waals surface area (Å²) in [5.74, 6) is -0.866. The van der Waals surface area contributed by atoms with E-state index in [1.54, 1.807) is 12.1 Å². The lowest BCUT2D eigenvalue weighted by molar-refractivity contribution is 0.0694. The smallest absolute Gasteiger partial charge is 0.336 e. The van der Waals surface area contributed by atoms with Crippen molar-refractivity contribution in [3.05, 3.63) is 33.8 Å². The molecule has 2 rings (SSSR count). The first-order valence-corrected chi connectivity index (χ1v) is 5.24. The molecule has 0 unspecified atom stereocenters. The Morgan fingerprint density at radius 3 is 2.79 bits per heavy atom. The van der Waals surface area contributed by atoms with Gasteiger partial charge in [-0.05, 0) is 30.7 Å². The molecule has 1 saturated heterocycles. The molecule has 3 nitrogen and oxygen atoms in total. The van der Waals surface area contributed by atoms with Gasteiger partial charge in [0.2, 0.25) is 0 Å². The third-order valence-corrected chi connectivity index (χ3v) is 3.15. The van der Waals surface area contributed by atoms with Crippen molar-refractivity contribution >= 4 is 21.9 Å². The van der Waals surface area contributed by atoms with E-state index < -0.39 is 5.97 Å². The first-order chi connectivity index (χ1) is 6.70. The molecule has 0 bridgehead atoms. The third-order valence-electron chi connectivity index (χ3n) is 2.46. The molecular weight excluding hydrogens is 246 g/mol. The number of carboxylic acid groups (broad SMARTS) is 1. The van der Waals surface area contributed by atoms with Gasteiger partial charge in [-0.1, -0.05) is 22.0 Å². The molecule has 0 spiro atoms. The zero-order valence-corrected chi connectivity index (χ0v) is 9.04. The van der Waals surface area contributed by atoms with Gasteiger partial charge in [0.25, 0.3) is 0 Å². The van der Waals surface area contributed by atoms with E-state index >= 15 is 0 Å². The van der Waals surface area contributed by atoms with Crippen molar-refractivity contribution in [3.8, 4) is 0 Å². The molecule has 2 N–H and O–H groups in total. The van der Waals surface area contributed by atoms with Crippen LogP contribution >= 0.6 is 15.9 Å². The summed E-state index contributed by atoms with van der Waals surface area (Å²) in [5.41, 5.74) is 1.25. The Hall–Kier alpha value is -0.870. The predicted octanol–water partition coefficient (Wildman–Crippen LogP) is 2.18. The molecule has 0 radical (unpaired) electrons. The highest BCUT2D eigenvalue weighted by atomic mass is 79.9. The molecule has 1 aliphatic rings. The SMILES string of the molecule is O=C(O)c1cccc(Br)c1[C@H]1CCN1. The van der Waals surface area contributed by atoms with Crippen LogP contribution in [0.2, 0.25) is 0 Å². The second-order valence-electron chi connectivity index (χ2n) is 3.30. The van der Waals surface area contributed by atoms with Gasteiger partial charge < -0.3 is 10.4 Å². The molecule has 1 fully saturated rings. The fourth-order valence-corrected chi connectivity index (χ4v) is 2.26. The van der Waals surface area contributed by atoms with E-state index in [0.29, 0.717) is 5.56 Å². The molecule has 14 heavy (non-hydrogen) atoms. The Balaban J connectivity index is 2.47. The van der Waals surface area contributed by atoms with Gasteiger partial charge in [-0.3, -0.25) is 0 Å². The summed E-state index contributed by atoms with van der Waals surface area (Å²) < 4.78 is 0.870. The highest BCUT2D eigenvalue weighted by Crippen LogP contribution is 2.32. The molecule has 74 valence electrons. The average Bonchev–Trinajstić information content (AvgIpc) is 2.04. The molecule has 1 aromatic carbocycles. The van der Waals surface area contributed by atoms with Gasteiger partial charge >= 0.3 is 5.97 Å². The van der Waals surface area contributed by atoms with Crippen molar-refractivity contribution in [2.75, 3.05) is 6.54 Å². The second-order valence-corrected chi connectivity index (χ2v) is 4.16. The van der Waals surface area contributed by atoms with Crippen LogP contribution < -0.4 is 5.32 Å². The minimum Gasteiger partial charge on any atom is -0.478 e. The van der Waals surface area contributed by atoms with E-state index in [2.05, 4.69) is 21.2 Å². The molecule has 0 amide bonds. The summed E-state index contributed by atoms with van der Waals surface area (Å²) in [6.45, 7) is 0.963. The fourth-order valence-electron chi connectivity index (χ4n) is 1.61. The van der Waals surface area contributed by atoms with E-state index in [-0.39, 0.29) is 6.04 Å². The van der Waals surface area contributed by atoms with Crippen LogP contribution in [-0.2, 0) is 0 Å². The number of carbonyl (C=O) groups is 1. The number of carboxylic acids is 1. The van der Waals surface area contributed by atoms with Crippen LogP contribution in [0.5, 0.6) is 0 Å². The van der Waals surface area contributed by atoms with Crippen molar-refractivity contribution in [1.29, 1.82) is 0 Å². The topological polar surface area (TPSA) is 49.3 Å². The van der Waals surface area contributed by atoms with Crippen LogP contribution in [0.3, 0.4) is 0 Å². The Bertz CT molecular complexity index is 374. The van der Waals surface area contributed by atoms with Crippen LogP contribution in [0.4, 0.5) is 0 Å². The number of nitrogens with one attached hydrogen (secondary N) is 1. The van der Waals surface area contributed by atoms with Crippen molar-refractivity contribution in [3.63, 3.8) is 0 Å². The summed E-state index contributed by atoms with van der Waals surface area (Å²) in [5, 5.41) is 12.2. The Kier molecular flexibility index (Phi) is 2.56. The van der Waals surface area contributed by atoms with Gasteiger partial charge in [-0.2, -0.15) is 0 Å². The monoisotopic (exact) mass is 255 g/mol. The number of hydrogen-bond donors (Lipinski definition) is 2. The van der Waals surface area contributed by atoms with Gasteiger partial charge in [0.15, 0.2) is 0 Å². The van der Waals surface area contributed by atoms with E-state index in [9.17, 15) is 4.79 Å². The fraction of sp³-hybridized carbons (Fsp3) is 0.300. The van der Waals surface area contributed by atoms with Crippen molar-refractivity contribution < 1.29 is 9.90 Å². The van der Waals surface area contributed by atoms with Gasteiger partial charge in [-0.15, -0.1) is 0 Å². The normalized spacial score (nSPS) is 20.2. The quantitative estimate of drug-likeness (QED) is 0.852. The largest absolute Gasteiger partial charge is 0.478 e. The van der Waals surface area contributed by atoms with Crippen molar-refractivity contribution in [2.45, 2.75) is 12.5 Å². The van der Waals surface area contributed by atoms with Gasteiger partial charge in [-0.25, -0.2) is 4.79 Å².